The van der Waals surface area contributed by atoms with Gasteiger partial charge < -0.3 is 39.7 Å². The molecule has 2 amide bonds. The maximum Gasteiger partial charge on any atom is 1.00 e. The van der Waals surface area contributed by atoms with Crippen molar-refractivity contribution < 1.29 is 20.5 Å². The largest absolute Gasteiger partial charge is 1.00 e. The highest BCUT2D eigenvalue weighted by Crippen LogP contribution is 2.17. The molecule has 0 radical (unpaired) electrons. The molecule has 13 nitrogen and oxygen atoms in total. The Hall–Kier alpha value is -4.01. The Bertz CT molecular complexity index is 1510. The molecule has 298 valence electrons. The van der Waals surface area contributed by atoms with Gasteiger partial charge in [-0.2, -0.15) is 0 Å². The van der Waals surface area contributed by atoms with Gasteiger partial charge in [-0.1, -0.05) is 18.2 Å². The number of aromatic nitrogens is 3. The van der Waals surface area contributed by atoms with Crippen molar-refractivity contribution in [3.63, 3.8) is 0 Å². The average Bonchev–Trinajstić information content (AvgIpc) is 3.14. The summed E-state index contributed by atoms with van der Waals surface area (Å²) in [5.74, 6) is 2.08. The lowest BCUT2D eigenvalue weighted by molar-refractivity contribution is 0.0223. The molecule has 3 saturated heterocycles. The molecule has 0 spiro atoms. The number of hydrogen-bond acceptors (Lipinski definition) is 11. The number of rotatable bonds is 2. The van der Waals surface area contributed by atoms with Crippen LogP contribution >= 0.6 is 15.9 Å². The van der Waals surface area contributed by atoms with E-state index in [9.17, 15) is 9.59 Å². The zero-order valence-corrected chi connectivity index (χ0v) is 35.4. The van der Waals surface area contributed by atoms with Crippen LogP contribution in [-0.2, 0) is 9.47 Å². The van der Waals surface area contributed by atoms with Gasteiger partial charge in [-0.15, -0.1) is 0 Å². The fraction of sp³-hybridized carbons (Fsp3) is 0.575. The first-order valence-electron chi connectivity index (χ1n) is 18.8. The second-order valence-corrected chi connectivity index (χ2v) is 16.3. The normalized spacial score (nSPS) is 16.0. The van der Waals surface area contributed by atoms with E-state index in [1.54, 1.807) is 9.80 Å². The minimum absolute atomic E-state index is 0. The Balaban J connectivity index is 0.000000264. The van der Waals surface area contributed by atoms with Crippen LogP contribution in [-0.4, -0.2) is 127 Å². The van der Waals surface area contributed by atoms with Crippen molar-refractivity contribution in [2.75, 3.05) is 88.3 Å². The van der Waals surface area contributed by atoms with E-state index in [2.05, 4.69) is 76.4 Å². The lowest BCUT2D eigenvalue weighted by atomic mass is 10.2. The van der Waals surface area contributed by atoms with Gasteiger partial charge in [-0.3, -0.25) is 0 Å². The van der Waals surface area contributed by atoms with Gasteiger partial charge in [0, 0.05) is 97.1 Å². The van der Waals surface area contributed by atoms with Crippen LogP contribution in [0.2, 0.25) is 0 Å². The molecular weight excluding hydrogens is 750 g/mol. The zero-order valence-electron chi connectivity index (χ0n) is 34.8. The molecule has 6 rings (SSSR count). The molecule has 0 saturated carbocycles. The van der Waals surface area contributed by atoms with Gasteiger partial charge in [0.05, 0.1) is 0 Å². The summed E-state index contributed by atoms with van der Waals surface area (Å²) in [5.41, 5.74) is 2.74. The van der Waals surface area contributed by atoms with Crippen LogP contribution in [0.1, 0.15) is 59.7 Å². The molecule has 0 atom stereocenters. The van der Waals surface area contributed by atoms with Crippen molar-refractivity contribution in [3.8, 4) is 0 Å². The quantitative estimate of drug-likeness (QED) is 0.282. The molecule has 0 unspecified atom stereocenters. The highest BCUT2D eigenvalue weighted by molar-refractivity contribution is 9.10. The number of piperazine rings is 3. The third kappa shape index (κ3) is 17.4. The molecule has 3 aliphatic rings. The van der Waals surface area contributed by atoms with Crippen LogP contribution in [0.25, 0.3) is 0 Å². The maximum atomic E-state index is 12.0. The summed E-state index contributed by atoms with van der Waals surface area (Å²) in [5, 5.41) is 6.51. The predicted octanol–water partition coefficient (Wildman–Crippen LogP) is 6.34. The standard InChI is InChI=1S/C15H23N3O2.C10H15N3.C9H18N2O2.C6H6BrN/c1-12-5-6-13(16-11-12)17-7-9-18(10-8-17)14(19)20-15(2,3)4;1-9-2-3-10(12-8-9)13-6-4-11-5-7-13;1-9(2,3)13-8(12)11-6-4-10-5-7-11;1-5-2-3-6(7)8-4-5/h5-6,11H,7-10H2,1-4H3;2-3,8,11H,4-7H2,1H3;10H,4-7H2,1-3H3;2-4H,1H3/p+1. The minimum atomic E-state index is -0.438. The van der Waals surface area contributed by atoms with Gasteiger partial charge in [-0.25, -0.2) is 24.5 Å². The molecule has 3 aromatic rings. The molecule has 54 heavy (non-hydrogen) atoms. The SMILES string of the molecule is CC(C)(C)OC(=O)N1CCNCC1.Cc1ccc(Br)nc1.Cc1ccc(N2CCN(C(=O)OC(C)(C)C)CC2)nc1.Cc1ccc(N2CCNCC2)nc1.[H+]. The molecule has 14 heteroatoms. The summed E-state index contributed by atoms with van der Waals surface area (Å²) in [6.45, 7) is 27.8. The number of aryl methyl sites for hydroxylation is 3. The van der Waals surface area contributed by atoms with E-state index in [-0.39, 0.29) is 19.2 Å². The fourth-order valence-electron chi connectivity index (χ4n) is 5.26. The monoisotopic (exact) mass is 812 g/mol. The van der Waals surface area contributed by atoms with Crippen molar-refractivity contribution in [3.05, 3.63) is 76.3 Å². The van der Waals surface area contributed by atoms with Crippen LogP contribution in [0.4, 0.5) is 21.2 Å². The molecular formula is C40H63BrN9O4+. The lowest BCUT2D eigenvalue weighted by Gasteiger charge is -2.36. The molecule has 3 fully saturated rings. The molecule has 2 N–H and O–H groups in total. The first-order valence-corrected chi connectivity index (χ1v) is 19.6. The van der Waals surface area contributed by atoms with Gasteiger partial charge in [0.25, 0.3) is 0 Å². The summed E-state index contributed by atoms with van der Waals surface area (Å²) in [7, 11) is 0. The maximum absolute atomic E-state index is 12.0. The first-order chi connectivity index (χ1) is 25.5. The van der Waals surface area contributed by atoms with Gasteiger partial charge in [0.15, 0.2) is 0 Å². The van der Waals surface area contributed by atoms with E-state index in [0.29, 0.717) is 13.1 Å². The number of anilines is 2. The number of carbonyl (C=O) groups excluding carboxylic acids is 2. The van der Waals surface area contributed by atoms with E-state index in [1.165, 1.54) is 11.1 Å². The molecule has 3 aliphatic heterocycles. The molecule has 0 aliphatic carbocycles. The van der Waals surface area contributed by atoms with Crippen LogP contribution in [0.15, 0.2) is 59.6 Å². The average molecular weight is 814 g/mol. The second-order valence-electron chi connectivity index (χ2n) is 15.5. The minimum Gasteiger partial charge on any atom is -0.444 e. The van der Waals surface area contributed by atoms with Crippen molar-refractivity contribution in [1.82, 2.24) is 35.4 Å². The van der Waals surface area contributed by atoms with Crippen molar-refractivity contribution in [2.24, 2.45) is 0 Å². The second kappa shape index (κ2) is 21.8. The molecule has 0 aromatic carbocycles. The molecule has 6 heterocycles. The Kier molecular flexibility index (Phi) is 17.9. The van der Waals surface area contributed by atoms with Crippen LogP contribution < -0.4 is 20.4 Å². The van der Waals surface area contributed by atoms with Crippen molar-refractivity contribution in [1.29, 1.82) is 0 Å². The summed E-state index contributed by atoms with van der Waals surface area (Å²) < 4.78 is 11.5. The Morgan fingerprint density at radius 3 is 1.30 bits per heavy atom. The number of halogens is 1. The van der Waals surface area contributed by atoms with Gasteiger partial charge in [0.2, 0.25) is 0 Å². The van der Waals surface area contributed by atoms with E-state index in [4.69, 9.17) is 9.47 Å². The molecule has 3 aromatic heterocycles. The summed E-state index contributed by atoms with van der Waals surface area (Å²) in [4.78, 5) is 44.3. The van der Waals surface area contributed by atoms with Crippen molar-refractivity contribution in [2.45, 2.75) is 73.5 Å². The van der Waals surface area contributed by atoms with Crippen LogP contribution in [0.5, 0.6) is 0 Å². The van der Waals surface area contributed by atoms with Crippen molar-refractivity contribution >= 4 is 39.8 Å². The zero-order chi connectivity index (χ0) is 39.7. The summed E-state index contributed by atoms with van der Waals surface area (Å²) in [6, 6.07) is 12.2. The lowest BCUT2D eigenvalue weighted by Crippen LogP contribution is -2.50. The highest BCUT2D eigenvalue weighted by atomic mass is 79.9. The number of ether oxygens (including phenoxy) is 2. The van der Waals surface area contributed by atoms with E-state index in [0.717, 1.165) is 87.2 Å². The third-order valence-electron chi connectivity index (χ3n) is 8.13. The predicted molar refractivity (Wildman–Crippen MR) is 222 cm³/mol. The van der Waals surface area contributed by atoms with Gasteiger partial charge in [-0.05, 0) is 113 Å². The number of hydrogen-bond donors (Lipinski definition) is 2. The number of nitrogens with one attached hydrogen (secondary N) is 2. The van der Waals surface area contributed by atoms with Crippen LogP contribution in [0, 0.1) is 20.8 Å². The number of pyridine rings is 3. The van der Waals surface area contributed by atoms with Crippen LogP contribution in [0.3, 0.4) is 0 Å². The highest BCUT2D eigenvalue weighted by Gasteiger charge is 2.26. The molecule has 0 bridgehead atoms. The third-order valence-corrected chi connectivity index (χ3v) is 8.60. The van der Waals surface area contributed by atoms with E-state index in [1.807, 2.05) is 92.2 Å². The Labute approximate surface area is 332 Å². The summed E-state index contributed by atoms with van der Waals surface area (Å²) in [6.07, 6.45) is 5.19. The fourth-order valence-corrected chi connectivity index (χ4v) is 5.49. The first kappa shape index (κ1) is 44.4. The van der Waals surface area contributed by atoms with Gasteiger partial charge in [0.1, 0.15) is 27.4 Å². The topological polar surface area (TPSA) is 128 Å². The van der Waals surface area contributed by atoms with Gasteiger partial charge >= 0.3 is 13.6 Å². The van der Waals surface area contributed by atoms with E-state index >= 15 is 0 Å². The number of nitrogens with zero attached hydrogens (tertiary/aromatic N) is 7. The number of carbonyl (C=O) groups is 2. The summed E-state index contributed by atoms with van der Waals surface area (Å²) >= 11 is 3.23. The number of amides is 2. The smallest absolute Gasteiger partial charge is 0.444 e. The Morgan fingerprint density at radius 1 is 0.574 bits per heavy atom. The Morgan fingerprint density at radius 2 is 0.944 bits per heavy atom. The van der Waals surface area contributed by atoms with E-state index < -0.39 is 5.60 Å².